The van der Waals surface area contributed by atoms with Crippen molar-refractivity contribution >= 4 is 10.2 Å². The Bertz CT molecular complexity index is 101. The maximum atomic E-state index is 5.35. The second-order valence-corrected chi connectivity index (χ2v) is 3.59. The number of hydrogen-bond acceptors (Lipinski definition) is 1. The van der Waals surface area contributed by atoms with E-state index in [1.807, 2.05) is 6.92 Å². The van der Waals surface area contributed by atoms with Gasteiger partial charge in [-0.05, 0) is 6.92 Å². The highest BCUT2D eigenvalue weighted by molar-refractivity contribution is 6.17. The number of rotatable bonds is 4. The predicted molar refractivity (Wildman–Crippen MR) is 44.7 cm³/mol. The molecule has 0 aromatic heterocycles. The lowest BCUT2D eigenvalue weighted by molar-refractivity contribution is 0.0977. The van der Waals surface area contributed by atoms with Crippen LogP contribution < -0.4 is 0 Å². The van der Waals surface area contributed by atoms with Crippen molar-refractivity contribution in [3.63, 3.8) is 0 Å². The monoisotopic (exact) mass is 142 g/mol. The Morgan fingerprint density at radius 2 is 2.00 bits per heavy atom. The van der Waals surface area contributed by atoms with Gasteiger partial charge in [0.1, 0.15) is 0 Å². The standard InChI is InChI=1S/C7H14OSi/c1-4-7(9,5-2)8-6-3/h4-5H,1-2,6H2,3,9H3. The zero-order valence-corrected chi connectivity index (χ0v) is 8.18. The number of ether oxygens (including phenoxy) is 1. The molecule has 0 aromatic carbocycles. The van der Waals surface area contributed by atoms with E-state index in [4.69, 9.17) is 4.74 Å². The van der Waals surface area contributed by atoms with Gasteiger partial charge >= 0.3 is 0 Å². The van der Waals surface area contributed by atoms with Crippen LogP contribution in [0, 0.1) is 0 Å². The SMILES string of the molecule is C=CC([SiH3])(C=C)OCC. The van der Waals surface area contributed by atoms with Crippen molar-refractivity contribution in [3.05, 3.63) is 25.3 Å². The van der Waals surface area contributed by atoms with E-state index >= 15 is 0 Å². The van der Waals surface area contributed by atoms with Crippen LogP contribution in [0.25, 0.3) is 0 Å². The fourth-order valence-corrected chi connectivity index (χ4v) is 0.801. The Labute approximate surface area is 59.8 Å². The summed E-state index contributed by atoms with van der Waals surface area (Å²) in [6, 6.07) is 0. The molecule has 0 radical (unpaired) electrons. The molecule has 0 aliphatic carbocycles. The maximum absolute atomic E-state index is 5.35. The molecule has 0 aliphatic rings. The van der Waals surface area contributed by atoms with E-state index in [9.17, 15) is 0 Å². The summed E-state index contributed by atoms with van der Waals surface area (Å²) in [5, 5.41) is -0.200. The van der Waals surface area contributed by atoms with Crippen LogP contribution in [-0.4, -0.2) is 22.1 Å². The molecular weight excluding hydrogens is 128 g/mol. The van der Waals surface area contributed by atoms with Crippen LogP contribution in [0.15, 0.2) is 25.3 Å². The lowest BCUT2D eigenvalue weighted by Crippen LogP contribution is -2.27. The van der Waals surface area contributed by atoms with E-state index in [2.05, 4.69) is 13.2 Å². The summed E-state index contributed by atoms with van der Waals surface area (Å²) in [5.41, 5.74) is 0. The van der Waals surface area contributed by atoms with Gasteiger partial charge in [0, 0.05) is 6.61 Å². The fourth-order valence-electron chi connectivity index (χ4n) is 0.512. The molecule has 0 fully saturated rings. The average molecular weight is 142 g/mol. The molecule has 0 rings (SSSR count). The third-order valence-electron chi connectivity index (χ3n) is 1.27. The summed E-state index contributed by atoms with van der Waals surface area (Å²) in [4.78, 5) is 0. The van der Waals surface area contributed by atoms with Crippen LogP contribution in [-0.2, 0) is 4.74 Å². The van der Waals surface area contributed by atoms with E-state index in [-0.39, 0.29) is 5.22 Å². The third-order valence-corrected chi connectivity index (χ3v) is 2.37. The molecule has 0 heterocycles. The first-order chi connectivity index (χ1) is 4.18. The Balaban J connectivity index is 3.91. The second-order valence-electron chi connectivity index (χ2n) is 2.03. The number of hydrogen-bond donors (Lipinski definition) is 0. The molecule has 0 unspecified atom stereocenters. The van der Waals surface area contributed by atoms with E-state index in [1.54, 1.807) is 12.2 Å². The minimum absolute atomic E-state index is 0.200. The van der Waals surface area contributed by atoms with Gasteiger partial charge in [0.25, 0.3) is 0 Å². The molecule has 0 spiro atoms. The highest BCUT2D eigenvalue weighted by atomic mass is 28.1. The van der Waals surface area contributed by atoms with Crippen LogP contribution in [0.4, 0.5) is 0 Å². The Morgan fingerprint density at radius 3 is 2.11 bits per heavy atom. The largest absolute Gasteiger partial charge is 0.372 e. The molecule has 0 amide bonds. The minimum Gasteiger partial charge on any atom is -0.372 e. The summed E-state index contributed by atoms with van der Waals surface area (Å²) in [6.45, 7) is 10.0. The van der Waals surface area contributed by atoms with E-state index in [1.165, 1.54) is 0 Å². The van der Waals surface area contributed by atoms with Gasteiger partial charge in [-0.25, -0.2) is 0 Å². The normalized spacial score (nSPS) is 11.2. The topological polar surface area (TPSA) is 9.23 Å². The molecule has 52 valence electrons. The van der Waals surface area contributed by atoms with Crippen molar-refractivity contribution in [2.75, 3.05) is 6.61 Å². The van der Waals surface area contributed by atoms with Crippen molar-refractivity contribution in [1.82, 2.24) is 0 Å². The van der Waals surface area contributed by atoms with Crippen LogP contribution in [0.5, 0.6) is 0 Å². The van der Waals surface area contributed by atoms with Gasteiger partial charge < -0.3 is 4.74 Å². The zero-order chi connectivity index (χ0) is 7.33. The molecule has 0 aromatic rings. The van der Waals surface area contributed by atoms with Gasteiger partial charge in [-0.15, -0.1) is 13.2 Å². The molecule has 0 saturated heterocycles. The van der Waals surface area contributed by atoms with Crippen molar-refractivity contribution in [3.8, 4) is 0 Å². The molecule has 0 aliphatic heterocycles. The molecule has 0 atom stereocenters. The van der Waals surface area contributed by atoms with E-state index in [0.29, 0.717) is 0 Å². The smallest absolute Gasteiger partial charge is 0.0821 e. The highest BCUT2D eigenvalue weighted by Gasteiger charge is 2.12. The van der Waals surface area contributed by atoms with Crippen LogP contribution >= 0.6 is 0 Å². The van der Waals surface area contributed by atoms with Gasteiger partial charge in [-0.1, -0.05) is 12.2 Å². The lowest BCUT2D eigenvalue weighted by atomic mass is 10.3. The fraction of sp³-hybridized carbons (Fsp3) is 0.429. The first-order valence-corrected chi connectivity index (χ1v) is 4.09. The third kappa shape index (κ3) is 2.63. The first-order valence-electron chi connectivity index (χ1n) is 3.09. The van der Waals surface area contributed by atoms with Crippen LogP contribution in [0.3, 0.4) is 0 Å². The molecule has 2 heteroatoms. The second kappa shape index (κ2) is 3.64. The van der Waals surface area contributed by atoms with Gasteiger partial charge in [0.05, 0.1) is 15.5 Å². The first kappa shape index (κ1) is 8.66. The van der Waals surface area contributed by atoms with Crippen molar-refractivity contribution < 1.29 is 4.74 Å². The summed E-state index contributed by atoms with van der Waals surface area (Å²) in [5.74, 6) is 0. The van der Waals surface area contributed by atoms with Gasteiger partial charge in [-0.3, -0.25) is 0 Å². The molecule has 9 heavy (non-hydrogen) atoms. The van der Waals surface area contributed by atoms with E-state index in [0.717, 1.165) is 16.8 Å². The lowest BCUT2D eigenvalue weighted by Gasteiger charge is -2.20. The molecule has 0 N–H and O–H groups in total. The van der Waals surface area contributed by atoms with Gasteiger partial charge in [0.15, 0.2) is 0 Å². The predicted octanol–water partition coefficient (Wildman–Crippen LogP) is 0.457. The molecule has 1 nitrogen and oxygen atoms in total. The quantitative estimate of drug-likeness (QED) is 0.409. The minimum atomic E-state index is -0.200. The molecular formula is C7H14OSi. The van der Waals surface area contributed by atoms with Crippen molar-refractivity contribution in [1.29, 1.82) is 0 Å². The van der Waals surface area contributed by atoms with Gasteiger partial charge in [0.2, 0.25) is 0 Å². The molecule has 0 bridgehead atoms. The maximum Gasteiger partial charge on any atom is 0.0821 e. The summed E-state index contributed by atoms with van der Waals surface area (Å²) >= 11 is 0. The Morgan fingerprint density at radius 1 is 1.56 bits per heavy atom. The summed E-state index contributed by atoms with van der Waals surface area (Å²) in [6.07, 6.45) is 3.60. The van der Waals surface area contributed by atoms with Crippen LogP contribution in [0.1, 0.15) is 6.92 Å². The van der Waals surface area contributed by atoms with Crippen molar-refractivity contribution in [2.45, 2.75) is 12.1 Å². The highest BCUT2D eigenvalue weighted by Crippen LogP contribution is 2.07. The molecule has 0 saturated carbocycles. The summed E-state index contributed by atoms with van der Waals surface area (Å²) < 4.78 is 5.35. The van der Waals surface area contributed by atoms with Crippen molar-refractivity contribution in [2.24, 2.45) is 0 Å². The Hall–Kier alpha value is -0.343. The Kier molecular flexibility index (Phi) is 3.50. The van der Waals surface area contributed by atoms with Crippen LogP contribution in [0.2, 0.25) is 0 Å². The van der Waals surface area contributed by atoms with Gasteiger partial charge in [-0.2, -0.15) is 0 Å². The summed E-state index contributed by atoms with van der Waals surface area (Å²) in [7, 11) is 0.921. The van der Waals surface area contributed by atoms with E-state index < -0.39 is 0 Å². The zero-order valence-electron chi connectivity index (χ0n) is 6.18. The average Bonchev–Trinajstić information content (AvgIpc) is 1.89.